The maximum absolute atomic E-state index is 12.2. The first-order chi connectivity index (χ1) is 9.63. The quantitative estimate of drug-likeness (QED) is 0.683. The van der Waals surface area contributed by atoms with E-state index < -0.39 is 11.1 Å². The van der Waals surface area contributed by atoms with Gasteiger partial charge in [0.2, 0.25) is 0 Å². The molecule has 1 N–H and O–H groups in total. The van der Waals surface area contributed by atoms with Crippen LogP contribution in [0.25, 0.3) is 21.5 Å². The van der Waals surface area contributed by atoms with Gasteiger partial charge in [0.1, 0.15) is 5.75 Å². The van der Waals surface area contributed by atoms with Crippen molar-refractivity contribution in [3.63, 3.8) is 0 Å². The van der Waals surface area contributed by atoms with Gasteiger partial charge in [-0.3, -0.25) is 9.59 Å². The van der Waals surface area contributed by atoms with E-state index in [4.69, 9.17) is 4.74 Å². The molecule has 0 atom stereocenters. The lowest BCUT2D eigenvalue weighted by molar-refractivity contribution is 0.169. The van der Waals surface area contributed by atoms with Gasteiger partial charge in [-0.2, -0.15) is 0 Å². The van der Waals surface area contributed by atoms with E-state index >= 15 is 0 Å². The molecular weight excluding hydrogens is 258 g/mol. The molecule has 0 radical (unpaired) electrons. The Morgan fingerprint density at radius 1 is 0.900 bits per heavy atom. The van der Waals surface area contributed by atoms with E-state index in [9.17, 15) is 14.8 Å². The van der Waals surface area contributed by atoms with Gasteiger partial charge in [0, 0.05) is 0 Å². The fraction of sp³-hybridized carbons (Fsp3) is 0.0667. The van der Waals surface area contributed by atoms with Crippen molar-refractivity contribution in [2.24, 2.45) is 0 Å². The maximum atomic E-state index is 12.2. The Labute approximate surface area is 113 Å². The summed E-state index contributed by atoms with van der Waals surface area (Å²) in [5, 5.41) is 11.5. The predicted octanol–water partition coefficient (Wildman–Crippen LogP) is 1.76. The van der Waals surface area contributed by atoms with Crippen molar-refractivity contribution < 1.29 is 9.94 Å². The highest BCUT2D eigenvalue weighted by Gasteiger charge is 2.10. The van der Waals surface area contributed by atoms with Crippen LogP contribution in [0, 0.1) is 0 Å². The average Bonchev–Trinajstić information content (AvgIpc) is 2.58. The molecule has 20 heavy (non-hydrogen) atoms. The molecule has 0 aliphatic carbocycles. The van der Waals surface area contributed by atoms with Crippen LogP contribution in [0.1, 0.15) is 0 Å². The zero-order valence-electron chi connectivity index (χ0n) is 10.7. The minimum absolute atomic E-state index is 0.143. The Bertz CT molecular complexity index is 944. The molecule has 1 heterocycles. The molecule has 100 valence electrons. The number of fused-ring (bicyclic) bond motifs is 3. The van der Waals surface area contributed by atoms with Crippen molar-refractivity contribution in [1.82, 2.24) is 4.73 Å². The normalized spacial score (nSPS) is 10.8. The summed E-state index contributed by atoms with van der Waals surface area (Å²) in [5.74, 6) is 0.484. The first-order valence-electron chi connectivity index (χ1n) is 5.98. The van der Waals surface area contributed by atoms with E-state index in [1.54, 1.807) is 36.4 Å². The number of aromatic nitrogens is 1. The topological polar surface area (TPSA) is 68.5 Å². The van der Waals surface area contributed by atoms with Gasteiger partial charge in [0.25, 0.3) is 11.1 Å². The summed E-state index contributed by atoms with van der Waals surface area (Å²) in [4.78, 5) is 24.3. The van der Waals surface area contributed by atoms with Crippen molar-refractivity contribution in [2.45, 2.75) is 0 Å². The number of hydrogen-bond donors (Lipinski definition) is 1. The van der Waals surface area contributed by atoms with Gasteiger partial charge in [-0.1, -0.05) is 18.2 Å². The van der Waals surface area contributed by atoms with E-state index in [2.05, 4.69) is 0 Å². The van der Waals surface area contributed by atoms with Crippen molar-refractivity contribution in [2.75, 3.05) is 7.11 Å². The van der Waals surface area contributed by atoms with E-state index in [1.807, 2.05) is 0 Å². The molecule has 0 amide bonds. The lowest BCUT2D eigenvalue weighted by atomic mass is 10.1. The van der Waals surface area contributed by atoms with Gasteiger partial charge >= 0.3 is 0 Å². The summed E-state index contributed by atoms with van der Waals surface area (Å²) in [7, 11) is 1.48. The second-order valence-corrected chi connectivity index (χ2v) is 4.38. The summed E-state index contributed by atoms with van der Waals surface area (Å²) in [5.41, 5.74) is -1.50. The summed E-state index contributed by atoms with van der Waals surface area (Å²) in [6.07, 6.45) is 0. The average molecular weight is 269 g/mol. The van der Waals surface area contributed by atoms with E-state index in [0.717, 1.165) is 0 Å². The highest BCUT2D eigenvalue weighted by molar-refractivity contribution is 6.05. The third-order valence-electron chi connectivity index (χ3n) is 3.29. The summed E-state index contributed by atoms with van der Waals surface area (Å²) < 4.78 is 5.23. The number of hydrogen-bond acceptors (Lipinski definition) is 4. The molecule has 0 bridgehead atoms. The van der Waals surface area contributed by atoms with Crippen LogP contribution in [0.15, 0.2) is 52.1 Å². The molecule has 0 fully saturated rings. The molecule has 0 aliphatic heterocycles. The lowest BCUT2D eigenvalue weighted by Crippen LogP contribution is -2.27. The molecule has 5 nitrogen and oxygen atoms in total. The second kappa shape index (κ2) is 4.38. The third-order valence-corrected chi connectivity index (χ3v) is 3.29. The monoisotopic (exact) mass is 269 g/mol. The van der Waals surface area contributed by atoms with Crippen molar-refractivity contribution in [3.8, 4) is 5.75 Å². The van der Waals surface area contributed by atoms with Gasteiger partial charge in [0.05, 0.1) is 17.9 Å². The zero-order chi connectivity index (χ0) is 14.3. The standard InChI is InChI=1S/C15H11NO4/c1-20-9-6-7-11-10-4-2-3-5-12(10)14(17)16(19)15(18)13(11)8-9/h2-8,19H,1H3. The van der Waals surface area contributed by atoms with E-state index in [1.165, 1.54) is 13.2 Å². The van der Waals surface area contributed by atoms with Crippen LogP contribution >= 0.6 is 0 Å². The SMILES string of the molecule is COc1ccc2c(c1)c(=O)n(O)c(=O)c1ccccc12. The van der Waals surface area contributed by atoms with Crippen molar-refractivity contribution in [3.05, 3.63) is 63.2 Å². The zero-order valence-corrected chi connectivity index (χ0v) is 10.7. The molecule has 0 unspecified atom stereocenters. The molecule has 0 spiro atoms. The predicted molar refractivity (Wildman–Crippen MR) is 75.7 cm³/mol. The molecule has 0 saturated carbocycles. The second-order valence-electron chi connectivity index (χ2n) is 4.38. The van der Waals surface area contributed by atoms with Gasteiger partial charge in [-0.25, -0.2) is 0 Å². The van der Waals surface area contributed by atoms with Crippen LogP contribution in [0.5, 0.6) is 5.75 Å². The Hall–Kier alpha value is -2.82. The molecule has 3 rings (SSSR count). The Balaban J connectivity index is 2.74. The number of rotatable bonds is 1. The van der Waals surface area contributed by atoms with Crippen molar-refractivity contribution in [1.29, 1.82) is 0 Å². The number of nitrogens with zero attached hydrogens (tertiary/aromatic N) is 1. The number of methoxy groups -OCH3 is 1. The largest absolute Gasteiger partial charge is 0.497 e. The minimum Gasteiger partial charge on any atom is -0.497 e. The van der Waals surface area contributed by atoms with Crippen LogP contribution in [0.3, 0.4) is 0 Å². The summed E-state index contributed by atoms with van der Waals surface area (Å²) in [6, 6.07) is 11.7. The van der Waals surface area contributed by atoms with Crippen molar-refractivity contribution >= 4 is 21.5 Å². The maximum Gasteiger partial charge on any atom is 0.294 e. The van der Waals surface area contributed by atoms with Crippen LogP contribution in [-0.4, -0.2) is 17.0 Å². The van der Waals surface area contributed by atoms with Gasteiger partial charge in [-0.15, -0.1) is 4.73 Å². The van der Waals surface area contributed by atoms with Crippen LogP contribution < -0.4 is 15.9 Å². The summed E-state index contributed by atoms with van der Waals surface area (Å²) in [6.45, 7) is 0. The highest BCUT2D eigenvalue weighted by Crippen LogP contribution is 2.23. The molecule has 0 saturated heterocycles. The molecule has 3 aromatic rings. The smallest absolute Gasteiger partial charge is 0.294 e. The molecule has 0 aliphatic rings. The Morgan fingerprint density at radius 2 is 1.50 bits per heavy atom. The molecule has 5 heteroatoms. The van der Waals surface area contributed by atoms with Crippen LogP contribution in [0.2, 0.25) is 0 Å². The highest BCUT2D eigenvalue weighted by atomic mass is 16.5. The van der Waals surface area contributed by atoms with Gasteiger partial charge in [-0.05, 0) is 35.0 Å². The fourth-order valence-corrected chi connectivity index (χ4v) is 2.29. The minimum atomic E-state index is -0.764. The molecular formula is C15H11NO4. The first-order valence-corrected chi connectivity index (χ1v) is 5.98. The Morgan fingerprint density at radius 3 is 2.20 bits per heavy atom. The van der Waals surface area contributed by atoms with E-state index in [0.29, 0.717) is 16.5 Å². The summed E-state index contributed by atoms with van der Waals surface area (Å²) >= 11 is 0. The van der Waals surface area contributed by atoms with Gasteiger partial charge in [0.15, 0.2) is 0 Å². The molecule has 2 aromatic carbocycles. The number of ether oxygens (including phenoxy) is 1. The fourth-order valence-electron chi connectivity index (χ4n) is 2.29. The van der Waals surface area contributed by atoms with Crippen LogP contribution in [-0.2, 0) is 0 Å². The third kappa shape index (κ3) is 1.64. The lowest BCUT2D eigenvalue weighted by Gasteiger charge is -2.00. The number of benzene rings is 2. The van der Waals surface area contributed by atoms with Crippen LogP contribution in [0.4, 0.5) is 0 Å². The first kappa shape index (κ1) is 12.2. The van der Waals surface area contributed by atoms with Gasteiger partial charge < -0.3 is 9.94 Å². The molecule has 1 aromatic heterocycles. The Kier molecular flexibility index (Phi) is 2.68. The van der Waals surface area contributed by atoms with E-state index in [-0.39, 0.29) is 15.5 Å².